The minimum atomic E-state index is -1.32. The smallest absolute Gasteiger partial charge is 0.336 e. The third kappa shape index (κ3) is 6.02. The zero-order valence-electron chi connectivity index (χ0n) is 23.0. The number of carbonyl (C=O) groups is 2. The Morgan fingerprint density at radius 1 is 1.02 bits per heavy atom. The molecule has 0 unspecified atom stereocenters. The molecule has 2 aliphatic carbocycles. The molecule has 2 fully saturated rings. The number of nitrogens with zero attached hydrogens (tertiary/aromatic N) is 2. The predicted molar refractivity (Wildman–Crippen MR) is 154 cm³/mol. The Hall–Kier alpha value is -4.45. The van der Waals surface area contributed by atoms with E-state index < -0.39 is 23.6 Å². The number of carboxylic acids is 1. The molecule has 5 rings (SSSR count). The van der Waals surface area contributed by atoms with E-state index in [9.17, 15) is 19.1 Å². The van der Waals surface area contributed by atoms with Gasteiger partial charge in [-0.25, -0.2) is 18.4 Å². The summed E-state index contributed by atoms with van der Waals surface area (Å²) in [5.74, 6) is -1.37. The number of halogens is 2. The van der Waals surface area contributed by atoms with Crippen LogP contribution >= 0.6 is 0 Å². The van der Waals surface area contributed by atoms with Crippen molar-refractivity contribution in [3.8, 4) is 17.2 Å². The summed E-state index contributed by atoms with van der Waals surface area (Å²) in [7, 11) is 0. The quantitative estimate of drug-likeness (QED) is 0.266. The number of nitriles is 1. The van der Waals surface area contributed by atoms with Crippen LogP contribution in [-0.2, 0) is 0 Å². The lowest BCUT2D eigenvalue weighted by molar-refractivity contribution is 0.0697. The number of fused-ring (bicyclic) bond motifs is 2. The zero-order valence-corrected chi connectivity index (χ0v) is 23.0. The van der Waals surface area contributed by atoms with Gasteiger partial charge in [-0.05, 0) is 91.6 Å². The highest BCUT2D eigenvalue weighted by Crippen LogP contribution is 2.49. The van der Waals surface area contributed by atoms with E-state index in [2.05, 4.69) is 29.4 Å². The van der Waals surface area contributed by atoms with Crippen LogP contribution in [-0.4, -0.2) is 29.7 Å². The first-order valence-corrected chi connectivity index (χ1v) is 13.8. The van der Waals surface area contributed by atoms with Gasteiger partial charge < -0.3 is 20.6 Å². The number of benzene rings is 3. The van der Waals surface area contributed by atoms with E-state index in [-0.39, 0.29) is 34.3 Å². The van der Waals surface area contributed by atoms with Gasteiger partial charge in [0, 0.05) is 29.4 Å². The van der Waals surface area contributed by atoms with Gasteiger partial charge in [-0.3, -0.25) is 0 Å². The topological polar surface area (TPSA) is 105 Å². The molecule has 3 N–H and O–H groups in total. The molecule has 212 valence electrons. The first-order chi connectivity index (χ1) is 19.6. The second-order valence-electron chi connectivity index (χ2n) is 11.4. The van der Waals surface area contributed by atoms with Gasteiger partial charge in [-0.2, -0.15) is 5.26 Å². The number of hydrogen-bond acceptors (Lipinski definition) is 4. The summed E-state index contributed by atoms with van der Waals surface area (Å²) in [4.78, 5) is 27.3. The highest BCUT2D eigenvalue weighted by molar-refractivity contribution is 6.03. The summed E-state index contributed by atoms with van der Waals surface area (Å²) in [6, 6.07) is 13.8. The lowest BCUT2D eigenvalue weighted by atomic mass is 9.92. The number of carbonyl (C=O) groups excluding carboxylic acids is 1. The fourth-order valence-electron chi connectivity index (χ4n) is 6.34. The van der Waals surface area contributed by atoms with Crippen LogP contribution in [0.25, 0.3) is 11.1 Å². The minimum Gasteiger partial charge on any atom is -0.478 e. The SMILES string of the molecule is CC(C)CN(c1cc(F)c(-c2cc(F)ccc2C(=O)O)cc1NC(=O)Nc1ccc(C#N)cc1)[C@@H]1C[C@H]2CC[C@@H]1C2. The Morgan fingerprint density at radius 2 is 1.78 bits per heavy atom. The number of rotatable bonds is 8. The third-order valence-electron chi connectivity index (χ3n) is 8.08. The molecular weight excluding hydrogens is 526 g/mol. The fraction of sp³-hybridized carbons (Fsp3) is 0.344. The van der Waals surface area contributed by atoms with Crippen LogP contribution in [0.2, 0.25) is 0 Å². The summed E-state index contributed by atoms with van der Waals surface area (Å²) in [6.45, 7) is 4.81. The molecule has 0 spiro atoms. The number of hydrogen-bond donors (Lipinski definition) is 3. The number of nitrogens with one attached hydrogen (secondary N) is 2. The molecule has 0 aromatic heterocycles. The van der Waals surface area contributed by atoms with E-state index in [4.69, 9.17) is 5.26 Å². The number of anilines is 3. The third-order valence-corrected chi connectivity index (χ3v) is 8.08. The number of carboxylic acid groups (broad SMARTS) is 1. The zero-order chi connectivity index (χ0) is 29.3. The highest BCUT2D eigenvalue weighted by Gasteiger charge is 2.43. The van der Waals surface area contributed by atoms with Crippen LogP contribution in [0, 0.1) is 40.7 Å². The molecule has 41 heavy (non-hydrogen) atoms. The Morgan fingerprint density at radius 3 is 2.39 bits per heavy atom. The normalized spacial score (nSPS) is 19.2. The molecule has 9 heteroatoms. The van der Waals surface area contributed by atoms with Crippen LogP contribution in [0.5, 0.6) is 0 Å². The Kier molecular flexibility index (Phi) is 7.93. The van der Waals surface area contributed by atoms with Crippen LogP contribution in [0.3, 0.4) is 0 Å². The average molecular weight is 559 g/mol. The monoisotopic (exact) mass is 558 g/mol. The molecule has 2 amide bonds. The first kappa shape index (κ1) is 28.1. The van der Waals surface area contributed by atoms with Crippen LogP contribution in [0.15, 0.2) is 54.6 Å². The molecule has 0 heterocycles. The molecular formula is C32H32F2N4O3. The van der Waals surface area contributed by atoms with E-state index in [1.165, 1.54) is 18.6 Å². The van der Waals surface area contributed by atoms with Crippen LogP contribution < -0.4 is 15.5 Å². The van der Waals surface area contributed by atoms with E-state index in [1.807, 2.05) is 6.07 Å². The number of urea groups is 1. The van der Waals surface area contributed by atoms with Crippen molar-refractivity contribution in [3.05, 3.63) is 77.4 Å². The predicted octanol–water partition coefficient (Wildman–Crippen LogP) is 7.50. The molecule has 2 bridgehead atoms. The molecule has 0 radical (unpaired) electrons. The number of aromatic carboxylic acids is 1. The molecule has 3 atom stereocenters. The number of amides is 2. The standard InChI is InChI=1S/C32H32F2N4O3/c1-18(2)17-38(29-12-20-3-6-21(29)11-20)30-15-27(34)26(25-13-22(33)7-10-24(25)31(39)40)14-28(30)37-32(41)36-23-8-4-19(16-35)5-9-23/h4-5,7-10,13-15,18,20-21,29H,3,6,11-12,17H2,1-2H3,(H,39,40)(H2,36,37,41)/t20-,21+,29+/m0/s1. The molecule has 0 aliphatic heterocycles. The van der Waals surface area contributed by atoms with Gasteiger partial charge in [-0.1, -0.05) is 20.3 Å². The van der Waals surface area contributed by atoms with Crippen LogP contribution in [0.1, 0.15) is 55.5 Å². The highest BCUT2D eigenvalue weighted by atomic mass is 19.1. The summed E-state index contributed by atoms with van der Waals surface area (Å²) < 4.78 is 30.2. The maximum atomic E-state index is 15.9. The molecule has 3 aromatic rings. The van der Waals surface area contributed by atoms with Gasteiger partial charge in [0.15, 0.2) is 0 Å². The summed E-state index contributed by atoms with van der Waals surface area (Å²) in [5, 5.41) is 24.3. The minimum absolute atomic E-state index is 0.118. The summed E-state index contributed by atoms with van der Waals surface area (Å²) in [6.07, 6.45) is 4.43. The molecule has 0 saturated heterocycles. The van der Waals surface area contributed by atoms with Crippen molar-refractivity contribution in [2.75, 3.05) is 22.1 Å². The summed E-state index contributed by atoms with van der Waals surface area (Å²) >= 11 is 0. The van der Waals surface area contributed by atoms with E-state index in [1.54, 1.807) is 24.3 Å². The van der Waals surface area contributed by atoms with Crippen molar-refractivity contribution in [2.24, 2.45) is 17.8 Å². The molecule has 2 saturated carbocycles. The average Bonchev–Trinajstić information content (AvgIpc) is 3.57. The lowest BCUT2D eigenvalue weighted by Gasteiger charge is -2.39. The van der Waals surface area contributed by atoms with Gasteiger partial charge >= 0.3 is 12.0 Å². The first-order valence-electron chi connectivity index (χ1n) is 13.8. The van der Waals surface area contributed by atoms with E-state index in [0.717, 1.165) is 37.5 Å². The van der Waals surface area contributed by atoms with Crippen molar-refractivity contribution >= 4 is 29.1 Å². The molecule has 7 nitrogen and oxygen atoms in total. The maximum absolute atomic E-state index is 15.9. The fourth-order valence-corrected chi connectivity index (χ4v) is 6.34. The van der Waals surface area contributed by atoms with Gasteiger partial charge in [0.1, 0.15) is 11.6 Å². The second-order valence-corrected chi connectivity index (χ2v) is 11.4. The lowest BCUT2D eigenvalue weighted by Crippen LogP contribution is -2.42. The maximum Gasteiger partial charge on any atom is 0.336 e. The van der Waals surface area contributed by atoms with Crippen molar-refractivity contribution in [1.29, 1.82) is 5.26 Å². The van der Waals surface area contributed by atoms with Crippen molar-refractivity contribution in [2.45, 2.75) is 45.6 Å². The molecule has 3 aromatic carbocycles. The van der Waals surface area contributed by atoms with Crippen molar-refractivity contribution in [3.63, 3.8) is 0 Å². The van der Waals surface area contributed by atoms with Crippen molar-refractivity contribution in [1.82, 2.24) is 0 Å². The molecule has 2 aliphatic rings. The Labute approximate surface area is 237 Å². The van der Waals surface area contributed by atoms with Gasteiger partial charge in [0.2, 0.25) is 0 Å². The van der Waals surface area contributed by atoms with Gasteiger partial charge in [0.25, 0.3) is 0 Å². The van der Waals surface area contributed by atoms with Crippen molar-refractivity contribution < 1.29 is 23.5 Å². The van der Waals surface area contributed by atoms with E-state index >= 15 is 4.39 Å². The Bertz CT molecular complexity index is 1520. The summed E-state index contributed by atoms with van der Waals surface area (Å²) in [5.41, 5.74) is 1.19. The van der Waals surface area contributed by atoms with Gasteiger partial charge in [-0.15, -0.1) is 0 Å². The second kappa shape index (κ2) is 11.6. The van der Waals surface area contributed by atoms with Crippen LogP contribution in [0.4, 0.5) is 30.6 Å². The Balaban J connectivity index is 1.59. The largest absolute Gasteiger partial charge is 0.478 e. The van der Waals surface area contributed by atoms with Gasteiger partial charge in [0.05, 0.1) is 28.6 Å². The van der Waals surface area contributed by atoms with E-state index in [0.29, 0.717) is 35.3 Å².